The van der Waals surface area contributed by atoms with E-state index in [-0.39, 0.29) is 16.6 Å². The molecule has 1 aromatic rings. The highest BCUT2D eigenvalue weighted by atomic mass is 32.1. The Morgan fingerprint density at radius 2 is 2.25 bits per heavy atom. The number of hydrogen-bond donors (Lipinski definition) is 3. The molecule has 1 rings (SSSR count). The van der Waals surface area contributed by atoms with Crippen LogP contribution in [0.2, 0.25) is 0 Å². The summed E-state index contributed by atoms with van der Waals surface area (Å²) in [4.78, 5) is 11.8. The van der Waals surface area contributed by atoms with Crippen LogP contribution in [0.15, 0.2) is 18.2 Å². The lowest BCUT2D eigenvalue weighted by atomic mass is 10.2. The van der Waals surface area contributed by atoms with Crippen LogP contribution in [-0.4, -0.2) is 37.2 Å². The number of amides is 1. The molecule has 1 unspecified atom stereocenters. The number of carbonyl (C=O) groups excluding carboxylic acids is 1. The molecule has 0 bridgehead atoms. The molecule has 0 aliphatic carbocycles. The molecule has 0 heterocycles. The standard InChI is InChI=1S/C13H18FN3O2S/c1-8(13(18)16-5-6-19-2)17-11-4-3-9(12(15)20)7-10(11)14/h3-4,7-8,17H,5-6H2,1-2H3,(H2,15,20)(H,16,18). The summed E-state index contributed by atoms with van der Waals surface area (Å²) < 4.78 is 18.6. The zero-order valence-corrected chi connectivity index (χ0v) is 12.2. The number of halogens is 1. The third kappa shape index (κ3) is 4.75. The van der Waals surface area contributed by atoms with E-state index in [0.717, 1.165) is 0 Å². The van der Waals surface area contributed by atoms with Crippen molar-refractivity contribution in [1.82, 2.24) is 5.32 Å². The second-order valence-electron chi connectivity index (χ2n) is 4.21. The van der Waals surface area contributed by atoms with Gasteiger partial charge in [-0.1, -0.05) is 12.2 Å². The molecule has 5 nitrogen and oxygen atoms in total. The highest BCUT2D eigenvalue weighted by Crippen LogP contribution is 2.16. The van der Waals surface area contributed by atoms with E-state index in [0.29, 0.717) is 18.7 Å². The zero-order valence-electron chi connectivity index (χ0n) is 11.4. The molecule has 0 fully saturated rings. The van der Waals surface area contributed by atoms with Crippen LogP contribution in [-0.2, 0) is 9.53 Å². The summed E-state index contributed by atoms with van der Waals surface area (Å²) in [6.45, 7) is 2.47. The number of nitrogens with two attached hydrogens (primary N) is 1. The Hall–Kier alpha value is -1.73. The lowest BCUT2D eigenvalue weighted by Gasteiger charge is -2.16. The maximum Gasteiger partial charge on any atom is 0.242 e. The molecule has 0 spiro atoms. The fourth-order valence-corrected chi connectivity index (χ4v) is 1.64. The second-order valence-corrected chi connectivity index (χ2v) is 4.65. The van der Waals surface area contributed by atoms with Crippen LogP contribution in [0.25, 0.3) is 0 Å². The van der Waals surface area contributed by atoms with Crippen molar-refractivity contribution in [2.45, 2.75) is 13.0 Å². The summed E-state index contributed by atoms with van der Waals surface area (Å²) in [7, 11) is 1.55. The third-order valence-corrected chi connectivity index (χ3v) is 2.86. The molecular weight excluding hydrogens is 281 g/mol. The molecule has 20 heavy (non-hydrogen) atoms. The Balaban J connectivity index is 2.63. The normalized spacial score (nSPS) is 11.8. The topological polar surface area (TPSA) is 76.4 Å². The molecule has 110 valence electrons. The number of carbonyl (C=O) groups is 1. The maximum absolute atomic E-state index is 13.8. The molecular formula is C13H18FN3O2S. The Morgan fingerprint density at radius 3 is 2.80 bits per heavy atom. The van der Waals surface area contributed by atoms with Crippen molar-refractivity contribution in [3.8, 4) is 0 Å². The first kappa shape index (κ1) is 16.3. The van der Waals surface area contributed by atoms with Crippen LogP contribution < -0.4 is 16.4 Å². The molecule has 0 saturated carbocycles. The van der Waals surface area contributed by atoms with E-state index in [2.05, 4.69) is 10.6 Å². The molecule has 0 aliphatic rings. The van der Waals surface area contributed by atoms with Crippen molar-refractivity contribution in [3.05, 3.63) is 29.6 Å². The van der Waals surface area contributed by atoms with Gasteiger partial charge in [0.25, 0.3) is 0 Å². The molecule has 0 aromatic heterocycles. The fourth-order valence-electron chi connectivity index (χ4n) is 1.51. The third-order valence-electron chi connectivity index (χ3n) is 2.62. The van der Waals surface area contributed by atoms with E-state index in [9.17, 15) is 9.18 Å². The molecule has 1 amide bonds. The van der Waals surface area contributed by atoms with E-state index < -0.39 is 11.9 Å². The number of nitrogens with one attached hydrogen (secondary N) is 2. The van der Waals surface area contributed by atoms with Gasteiger partial charge in [-0.05, 0) is 25.1 Å². The Labute approximate surface area is 122 Å². The van der Waals surface area contributed by atoms with Gasteiger partial charge in [-0.15, -0.1) is 0 Å². The highest BCUT2D eigenvalue weighted by molar-refractivity contribution is 7.80. The van der Waals surface area contributed by atoms with Crippen LogP contribution in [0.1, 0.15) is 12.5 Å². The van der Waals surface area contributed by atoms with Crippen LogP contribution in [0.5, 0.6) is 0 Å². The Kier molecular flexibility index (Phi) is 6.33. The van der Waals surface area contributed by atoms with Crippen molar-refractivity contribution in [2.24, 2.45) is 5.73 Å². The summed E-state index contributed by atoms with van der Waals surface area (Å²) in [5.74, 6) is -0.744. The summed E-state index contributed by atoms with van der Waals surface area (Å²) >= 11 is 4.77. The number of benzene rings is 1. The fraction of sp³-hybridized carbons (Fsp3) is 0.385. The molecule has 0 saturated heterocycles. The van der Waals surface area contributed by atoms with Gasteiger partial charge in [-0.3, -0.25) is 4.79 Å². The number of thiocarbonyl (C=S) groups is 1. The minimum atomic E-state index is -0.572. The predicted octanol–water partition coefficient (Wildman–Crippen LogP) is 1.02. The van der Waals surface area contributed by atoms with Crippen molar-refractivity contribution in [3.63, 3.8) is 0 Å². The van der Waals surface area contributed by atoms with Crippen molar-refractivity contribution in [2.75, 3.05) is 25.6 Å². The molecule has 4 N–H and O–H groups in total. The summed E-state index contributed by atoms with van der Waals surface area (Å²) in [5.41, 5.74) is 6.08. The van der Waals surface area contributed by atoms with Crippen molar-refractivity contribution < 1.29 is 13.9 Å². The summed E-state index contributed by atoms with van der Waals surface area (Å²) in [6.07, 6.45) is 0. The SMILES string of the molecule is COCCNC(=O)C(C)Nc1ccc(C(N)=S)cc1F. The quantitative estimate of drug-likeness (QED) is 0.518. The van der Waals surface area contributed by atoms with Gasteiger partial charge < -0.3 is 21.1 Å². The van der Waals surface area contributed by atoms with Crippen LogP contribution in [0, 0.1) is 5.82 Å². The summed E-state index contributed by atoms with van der Waals surface area (Å²) in [6, 6.07) is 3.77. The summed E-state index contributed by atoms with van der Waals surface area (Å²) in [5, 5.41) is 5.45. The van der Waals surface area contributed by atoms with Crippen molar-refractivity contribution >= 4 is 28.8 Å². The molecule has 7 heteroatoms. The largest absolute Gasteiger partial charge is 0.389 e. The number of ether oxygens (including phenoxy) is 1. The van der Waals surface area contributed by atoms with E-state index in [1.165, 1.54) is 12.1 Å². The average molecular weight is 299 g/mol. The highest BCUT2D eigenvalue weighted by Gasteiger charge is 2.14. The van der Waals surface area contributed by atoms with E-state index in [1.807, 2.05) is 0 Å². The molecule has 0 aliphatic heterocycles. The van der Waals surface area contributed by atoms with Gasteiger partial charge in [0.2, 0.25) is 5.91 Å². The van der Waals surface area contributed by atoms with Gasteiger partial charge >= 0.3 is 0 Å². The monoisotopic (exact) mass is 299 g/mol. The lowest BCUT2D eigenvalue weighted by Crippen LogP contribution is -2.39. The van der Waals surface area contributed by atoms with Gasteiger partial charge in [0, 0.05) is 19.2 Å². The van der Waals surface area contributed by atoms with E-state index in [1.54, 1.807) is 20.1 Å². The van der Waals surface area contributed by atoms with Crippen LogP contribution in [0.4, 0.5) is 10.1 Å². The van der Waals surface area contributed by atoms with Crippen LogP contribution >= 0.6 is 12.2 Å². The first-order valence-corrected chi connectivity index (χ1v) is 6.49. The molecule has 0 radical (unpaired) electrons. The zero-order chi connectivity index (χ0) is 15.1. The first-order chi connectivity index (χ1) is 9.45. The minimum Gasteiger partial charge on any atom is -0.389 e. The molecule has 1 aromatic carbocycles. The van der Waals surface area contributed by atoms with Crippen molar-refractivity contribution in [1.29, 1.82) is 0 Å². The van der Waals surface area contributed by atoms with Gasteiger partial charge in [0.15, 0.2) is 0 Å². The Morgan fingerprint density at radius 1 is 1.55 bits per heavy atom. The lowest BCUT2D eigenvalue weighted by molar-refractivity contribution is -0.121. The van der Waals surface area contributed by atoms with Gasteiger partial charge in [0.05, 0.1) is 12.3 Å². The predicted molar refractivity (Wildman–Crippen MR) is 80.3 cm³/mol. The minimum absolute atomic E-state index is 0.126. The molecule has 1 atom stereocenters. The van der Waals surface area contributed by atoms with Gasteiger partial charge in [0.1, 0.15) is 16.8 Å². The number of hydrogen-bond acceptors (Lipinski definition) is 4. The number of rotatable bonds is 7. The van der Waals surface area contributed by atoms with Gasteiger partial charge in [-0.2, -0.15) is 0 Å². The van der Waals surface area contributed by atoms with E-state index in [4.69, 9.17) is 22.7 Å². The Bertz CT molecular complexity index is 497. The van der Waals surface area contributed by atoms with E-state index >= 15 is 0 Å². The number of anilines is 1. The smallest absolute Gasteiger partial charge is 0.242 e. The average Bonchev–Trinajstić information content (AvgIpc) is 2.40. The second kappa shape index (κ2) is 7.76. The van der Waals surface area contributed by atoms with Crippen LogP contribution in [0.3, 0.4) is 0 Å². The van der Waals surface area contributed by atoms with Gasteiger partial charge in [-0.25, -0.2) is 4.39 Å². The number of methoxy groups -OCH3 is 1. The first-order valence-electron chi connectivity index (χ1n) is 6.08. The maximum atomic E-state index is 13.8.